The number of thiazole rings is 1. The van der Waals surface area contributed by atoms with Crippen LogP contribution in [0.25, 0.3) is 0 Å². The maximum absolute atomic E-state index is 12.6. The topological polar surface area (TPSA) is 60.7 Å². The van der Waals surface area contributed by atoms with Crippen LogP contribution in [0.4, 0.5) is 24.0 Å². The standard InChI is InChI=1S/C11H6ClF3N4S/c12-6-2-1-3-7(4-6)18-19-10-17-9(11(13,14)15)8(5-16)20-10/h1-4,18H,(H,17,19). The van der Waals surface area contributed by atoms with Gasteiger partial charge in [0.1, 0.15) is 10.9 Å². The molecule has 2 aromatic rings. The van der Waals surface area contributed by atoms with Crippen molar-refractivity contribution in [3.05, 3.63) is 39.9 Å². The fraction of sp³-hybridized carbons (Fsp3) is 0.0909. The molecule has 104 valence electrons. The molecule has 2 rings (SSSR count). The lowest BCUT2D eigenvalue weighted by atomic mass is 10.3. The first-order valence-corrected chi connectivity index (χ1v) is 6.35. The number of nitrogens with zero attached hydrogens (tertiary/aromatic N) is 2. The molecule has 0 unspecified atom stereocenters. The Morgan fingerprint density at radius 3 is 2.60 bits per heavy atom. The third kappa shape index (κ3) is 3.31. The Hall–Kier alpha value is -1.98. The number of hydrogen-bond donors (Lipinski definition) is 2. The molecule has 1 heterocycles. The Bertz CT molecular complexity index is 662. The minimum atomic E-state index is -4.66. The van der Waals surface area contributed by atoms with E-state index >= 15 is 0 Å². The summed E-state index contributed by atoms with van der Waals surface area (Å²) in [6.45, 7) is 0. The highest BCUT2D eigenvalue weighted by atomic mass is 35.5. The monoisotopic (exact) mass is 318 g/mol. The zero-order chi connectivity index (χ0) is 14.8. The van der Waals surface area contributed by atoms with Gasteiger partial charge >= 0.3 is 6.18 Å². The number of benzene rings is 1. The molecule has 0 fully saturated rings. The number of nitrogens with one attached hydrogen (secondary N) is 2. The molecular weight excluding hydrogens is 313 g/mol. The summed E-state index contributed by atoms with van der Waals surface area (Å²) in [5, 5.41) is 9.09. The van der Waals surface area contributed by atoms with Crippen LogP contribution in [0.3, 0.4) is 0 Å². The molecule has 0 atom stereocenters. The van der Waals surface area contributed by atoms with E-state index in [4.69, 9.17) is 16.9 Å². The molecule has 9 heteroatoms. The summed E-state index contributed by atoms with van der Waals surface area (Å²) in [5.41, 5.74) is 4.52. The van der Waals surface area contributed by atoms with Gasteiger partial charge in [-0.05, 0) is 18.2 Å². The number of aromatic nitrogens is 1. The van der Waals surface area contributed by atoms with E-state index in [0.29, 0.717) is 22.0 Å². The van der Waals surface area contributed by atoms with Crippen LogP contribution >= 0.6 is 22.9 Å². The smallest absolute Gasteiger partial charge is 0.299 e. The van der Waals surface area contributed by atoms with Crippen molar-refractivity contribution >= 4 is 33.8 Å². The highest BCUT2D eigenvalue weighted by molar-refractivity contribution is 7.16. The van der Waals surface area contributed by atoms with E-state index in [2.05, 4.69) is 15.8 Å². The molecule has 0 aliphatic carbocycles. The van der Waals surface area contributed by atoms with Crippen molar-refractivity contribution in [2.45, 2.75) is 6.18 Å². The summed E-state index contributed by atoms with van der Waals surface area (Å²) in [6.07, 6.45) is -4.66. The number of hydrazine groups is 1. The van der Waals surface area contributed by atoms with Crippen LogP contribution in [0.2, 0.25) is 5.02 Å². The van der Waals surface area contributed by atoms with Gasteiger partial charge in [-0.2, -0.15) is 18.4 Å². The Balaban J connectivity index is 2.15. The van der Waals surface area contributed by atoms with Gasteiger partial charge in [0.25, 0.3) is 0 Å². The van der Waals surface area contributed by atoms with Gasteiger partial charge in [-0.15, -0.1) is 0 Å². The zero-order valence-corrected chi connectivity index (χ0v) is 11.2. The summed E-state index contributed by atoms with van der Waals surface area (Å²) < 4.78 is 37.8. The Morgan fingerprint density at radius 2 is 2.05 bits per heavy atom. The number of anilines is 2. The van der Waals surface area contributed by atoms with E-state index in [1.165, 1.54) is 6.07 Å². The number of nitriles is 1. The van der Waals surface area contributed by atoms with Gasteiger partial charge in [0.05, 0.1) is 5.69 Å². The van der Waals surface area contributed by atoms with E-state index in [0.717, 1.165) is 0 Å². The normalized spacial score (nSPS) is 10.9. The SMILES string of the molecule is N#Cc1sc(NNc2cccc(Cl)c2)nc1C(F)(F)F. The Morgan fingerprint density at radius 1 is 1.30 bits per heavy atom. The molecular formula is C11H6ClF3N4S. The lowest BCUT2D eigenvalue weighted by molar-refractivity contribution is -0.140. The van der Waals surface area contributed by atoms with Crippen molar-refractivity contribution < 1.29 is 13.2 Å². The molecule has 0 radical (unpaired) electrons. The maximum Gasteiger partial charge on any atom is 0.435 e. The van der Waals surface area contributed by atoms with Crippen molar-refractivity contribution in [1.82, 2.24) is 4.98 Å². The molecule has 0 saturated carbocycles. The molecule has 0 amide bonds. The van der Waals surface area contributed by atoms with Gasteiger partial charge in [-0.1, -0.05) is 29.0 Å². The third-order valence-corrected chi connectivity index (χ3v) is 3.25. The van der Waals surface area contributed by atoms with Gasteiger partial charge in [0.15, 0.2) is 5.69 Å². The Labute approximate surface area is 120 Å². The molecule has 0 saturated heterocycles. The summed E-state index contributed by atoms with van der Waals surface area (Å²) in [5.74, 6) is 0. The Kier molecular flexibility index (Phi) is 4.01. The van der Waals surface area contributed by atoms with Crippen LogP contribution in [0.5, 0.6) is 0 Å². The van der Waals surface area contributed by atoms with E-state index in [1.54, 1.807) is 24.3 Å². The molecule has 2 N–H and O–H groups in total. The summed E-state index contributed by atoms with van der Waals surface area (Å²) in [7, 11) is 0. The van der Waals surface area contributed by atoms with Crippen molar-refractivity contribution in [2.24, 2.45) is 0 Å². The molecule has 0 bridgehead atoms. The van der Waals surface area contributed by atoms with Crippen molar-refractivity contribution in [2.75, 3.05) is 10.9 Å². The van der Waals surface area contributed by atoms with Crippen LogP contribution in [-0.4, -0.2) is 4.98 Å². The number of rotatable bonds is 3. The minimum absolute atomic E-state index is 0.0612. The van der Waals surface area contributed by atoms with Crippen LogP contribution in [0.1, 0.15) is 10.6 Å². The minimum Gasteiger partial charge on any atom is -0.299 e. The van der Waals surface area contributed by atoms with Crippen LogP contribution < -0.4 is 10.9 Å². The number of halogens is 4. The fourth-order valence-electron chi connectivity index (χ4n) is 1.33. The van der Waals surface area contributed by atoms with Crippen LogP contribution in [-0.2, 0) is 6.18 Å². The maximum atomic E-state index is 12.6. The lowest BCUT2D eigenvalue weighted by Crippen LogP contribution is -2.10. The van der Waals surface area contributed by atoms with Crippen molar-refractivity contribution in [3.63, 3.8) is 0 Å². The first-order valence-electron chi connectivity index (χ1n) is 5.16. The van der Waals surface area contributed by atoms with E-state index in [9.17, 15) is 13.2 Å². The second kappa shape index (κ2) is 5.56. The van der Waals surface area contributed by atoms with E-state index in [1.807, 2.05) is 0 Å². The molecule has 1 aromatic heterocycles. The average molecular weight is 319 g/mol. The largest absolute Gasteiger partial charge is 0.435 e. The number of alkyl halides is 3. The molecule has 1 aromatic carbocycles. The molecule has 0 aliphatic rings. The van der Waals surface area contributed by atoms with Crippen molar-refractivity contribution in [1.29, 1.82) is 5.26 Å². The highest BCUT2D eigenvalue weighted by Crippen LogP contribution is 2.35. The predicted octanol–water partition coefficient (Wildman–Crippen LogP) is 4.13. The first kappa shape index (κ1) is 14.4. The van der Waals surface area contributed by atoms with Gasteiger partial charge in [0, 0.05) is 5.02 Å². The summed E-state index contributed by atoms with van der Waals surface area (Å²) in [6, 6.07) is 8.06. The summed E-state index contributed by atoms with van der Waals surface area (Å²) >= 11 is 6.38. The fourth-order valence-corrected chi connectivity index (χ4v) is 2.26. The predicted molar refractivity (Wildman–Crippen MR) is 70.5 cm³/mol. The second-order valence-electron chi connectivity index (χ2n) is 3.57. The molecule has 4 nitrogen and oxygen atoms in total. The molecule has 0 aliphatic heterocycles. The van der Waals surface area contributed by atoms with Crippen LogP contribution in [0, 0.1) is 11.3 Å². The number of hydrogen-bond acceptors (Lipinski definition) is 5. The molecule has 0 spiro atoms. The van der Waals surface area contributed by atoms with Gasteiger partial charge in [-0.25, -0.2) is 4.98 Å². The summed E-state index contributed by atoms with van der Waals surface area (Å²) in [4.78, 5) is 2.86. The molecule has 20 heavy (non-hydrogen) atoms. The third-order valence-electron chi connectivity index (χ3n) is 2.14. The van der Waals surface area contributed by atoms with E-state index < -0.39 is 16.7 Å². The van der Waals surface area contributed by atoms with Gasteiger partial charge in [0.2, 0.25) is 5.13 Å². The quantitative estimate of drug-likeness (QED) is 0.835. The van der Waals surface area contributed by atoms with Crippen LogP contribution in [0.15, 0.2) is 24.3 Å². The van der Waals surface area contributed by atoms with Gasteiger partial charge in [-0.3, -0.25) is 10.9 Å². The zero-order valence-electron chi connectivity index (χ0n) is 9.62. The lowest BCUT2D eigenvalue weighted by Gasteiger charge is -2.06. The van der Waals surface area contributed by atoms with Gasteiger partial charge < -0.3 is 0 Å². The highest BCUT2D eigenvalue weighted by Gasteiger charge is 2.37. The first-order chi connectivity index (χ1) is 9.40. The van der Waals surface area contributed by atoms with E-state index in [-0.39, 0.29) is 5.13 Å². The average Bonchev–Trinajstić information content (AvgIpc) is 2.80. The second-order valence-corrected chi connectivity index (χ2v) is 5.00. The van der Waals surface area contributed by atoms with Crippen molar-refractivity contribution in [3.8, 4) is 6.07 Å².